The maximum absolute atomic E-state index is 12.9. The highest BCUT2D eigenvalue weighted by Gasteiger charge is 2.26. The molecule has 176 valence electrons. The van der Waals surface area contributed by atoms with Gasteiger partial charge >= 0.3 is 11.9 Å². The van der Waals surface area contributed by atoms with Crippen LogP contribution in [0.4, 0.5) is 5.69 Å². The van der Waals surface area contributed by atoms with Crippen molar-refractivity contribution in [2.24, 2.45) is 0 Å². The van der Waals surface area contributed by atoms with Crippen LogP contribution in [0, 0.1) is 10.1 Å². The van der Waals surface area contributed by atoms with Crippen LogP contribution in [0.25, 0.3) is 0 Å². The highest BCUT2D eigenvalue weighted by atomic mass is 17.2. The Balaban J connectivity index is 2.41. The molecule has 33 heavy (non-hydrogen) atoms. The molecule has 2 aromatic carbocycles. The number of carbonyl (C=O) groups excluding carboxylic acids is 3. The number of hydrogen-bond acceptors (Lipinski definition) is 9. The molecule has 0 heterocycles. The van der Waals surface area contributed by atoms with Crippen molar-refractivity contribution in [1.82, 2.24) is 0 Å². The standard InChI is InChI=1S/C23H25NO9/c1-22(2,3)32-30-20(26)17-12-9-15(13-18(17)21(27)31-33-23(4,5)6)19(25)14-7-10-16(11-8-14)24(28)29/h7-13H,1-6H3. The summed E-state index contributed by atoms with van der Waals surface area (Å²) in [5.74, 6) is -2.52. The third kappa shape index (κ3) is 7.48. The Hall–Kier alpha value is -3.63. The minimum absolute atomic E-state index is 0.0415. The van der Waals surface area contributed by atoms with Gasteiger partial charge in [-0.25, -0.2) is 9.59 Å². The van der Waals surface area contributed by atoms with Gasteiger partial charge in [0.25, 0.3) is 5.69 Å². The molecule has 0 aliphatic rings. The van der Waals surface area contributed by atoms with E-state index in [0.29, 0.717) is 0 Å². The van der Waals surface area contributed by atoms with E-state index in [1.165, 1.54) is 36.4 Å². The van der Waals surface area contributed by atoms with Crippen LogP contribution in [0.1, 0.15) is 78.2 Å². The lowest BCUT2D eigenvalue weighted by Gasteiger charge is -2.18. The number of benzene rings is 2. The fourth-order valence-corrected chi connectivity index (χ4v) is 2.35. The second-order valence-electron chi connectivity index (χ2n) is 9.03. The van der Waals surface area contributed by atoms with Gasteiger partial charge in [-0.3, -0.25) is 24.7 Å². The number of nitro groups is 1. The molecule has 2 aromatic rings. The van der Waals surface area contributed by atoms with Crippen molar-refractivity contribution in [3.8, 4) is 0 Å². The minimum Gasteiger partial charge on any atom is -0.292 e. The molecule has 0 saturated carbocycles. The zero-order valence-electron chi connectivity index (χ0n) is 19.2. The second kappa shape index (κ2) is 9.88. The Morgan fingerprint density at radius 2 is 1.18 bits per heavy atom. The van der Waals surface area contributed by atoms with Gasteiger partial charge in [0, 0.05) is 23.3 Å². The van der Waals surface area contributed by atoms with Gasteiger partial charge in [0.15, 0.2) is 5.78 Å². The van der Waals surface area contributed by atoms with Gasteiger partial charge < -0.3 is 0 Å². The van der Waals surface area contributed by atoms with E-state index in [9.17, 15) is 24.5 Å². The van der Waals surface area contributed by atoms with Crippen molar-refractivity contribution in [1.29, 1.82) is 0 Å². The Morgan fingerprint density at radius 3 is 1.64 bits per heavy atom. The first-order valence-corrected chi connectivity index (χ1v) is 9.91. The molecule has 0 amide bonds. The van der Waals surface area contributed by atoms with Crippen LogP contribution in [0.15, 0.2) is 42.5 Å². The zero-order chi connectivity index (χ0) is 25.0. The molecule has 0 fully saturated rings. The molecule has 10 heteroatoms. The molecule has 2 rings (SSSR count). The highest BCUT2D eigenvalue weighted by Crippen LogP contribution is 2.21. The first-order chi connectivity index (χ1) is 15.2. The summed E-state index contributed by atoms with van der Waals surface area (Å²) in [5.41, 5.74) is -2.09. The van der Waals surface area contributed by atoms with Crippen LogP contribution in [-0.2, 0) is 19.6 Å². The lowest BCUT2D eigenvalue weighted by molar-refractivity contribution is -0.384. The van der Waals surface area contributed by atoms with Crippen molar-refractivity contribution in [3.63, 3.8) is 0 Å². The maximum atomic E-state index is 12.9. The van der Waals surface area contributed by atoms with Gasteiger partial charge in [-0.2, -0.15) is 9.78 Å². The molecule has 0 radical (unpaired) electrons. The van der Waals surface area contributed by atoms with E-state index in [4.69, 9.17) is 19.6 Å². The fraction of sp³-hybridized carbons (Fsp3) is 0.348. The molecule has 0 saturated heterocycles. The summed E-state index contributed by atoms with van der Waals surface area (Å²) in [7, 11) is 0. The first-order valence-electron chi connectivity index (χ1n) is 9.91. The average Bonchev–Trinajstić information content (AvgIpc) is 2.74. The molecule has 10 nitrogen and oxygen atoms in total. The van der Waals surface area contributed by atoms with Gasteiger partial charge in [-0.05, 0) is 65.8 Å². The van der Waals surface area contributed by atoms with Crippen molar-refractivity contribution in [2.45, 2.75) is 52.7 Å². The summed E-state index contributed by atoms with van der Waals surface area (Å²) in [6, 6.07) is 8.66. The van der Waals surface area contributed by atoms with Crippen LogP contribution >= 0.6 is 0 Å². The van der Waals surface area contributed by atoms with Gasteiger partial charge in [0.05, 0.1) is 16.1 Å². The summed E-state index contributed by atoms with van der Waals surface area (Å²) in [5, 5.41) is 10.8. The Morgan fingerprint density at radius 1 is 0.727 bits per heavy atom. The molecule has 0 aromatic heterocycles. The van der Waals surface area contributed by atoms with Gasteiger partial charge in [-0.1, -0.05) is 6.07 Å². The summed E-state index contributed by atoms with van der Waals surface area (Å²) in [4.78, 5) is 68.0. The molecular weight excluding hydrogens is 434 g/mol. The lowest BCUT2D eigenvalue weighted by atomic mass is 9.98. The Labute approximate surface area is 190 Å². The SMILES string of the molecule is CC(C)(C)OOC(=O)c1ccc(C(=O)c2ccc([N+](=O)[O-])cc2)cc1C(=O)OOC(C)(C)C. The third-order valence-corrected chi connectivity index (χ3v) is 3.80. The number of ketones is 1. The number of nitrogens with zero attached hydrogens (tertiary/aromatic N) is 1. The first kappa shape index (κ1) is 25.6. The van der Waals surface area contributed by atoms with E-state index < -0.39 is 33.8 Å². The number of rotatable bonds is 7. The van der Waals surface area contributed by atoms with E-state index in [1.54, 1.807) is 41.5 Å². The minimum atomic E-state index is -1.02. The molecule has 0 N–H and O–H groups in total. The molecule has 0 unspecified atom stereocenters. The van der Waals surface area contributed by atoms with Crippen LogP contribution in [0.2, 0.25) is 0 Å². The lowest BCUT2D eigenvalue weighted by Crippen LogP contribution is -2.25. The molecule has 0 atom stereocenters. The topological polar surface area (TPSA) is 131 Å². The second-order valence-corrected chi connectivity index (χ2v) is 9.03. The van der Waals surface area contributed by atoms with E-state index >= 15 is 0 Å². The molecule has 0 aliphatic carbocycles. The quantitative estimate of drug-likeness (QED) is 0.252. The van der Waals surface area contributed by atoms with Crippen LogP contribution in [0.5, 0.6) is 0 Å². The number of nitro benzene ring substituents is 1. The van der Waals surface area contributed by atoms with Gasteiger partial charge in [-0.15, -0.1) is 0 Å². The smallest absolute Gasteiger partial charge is 0.292 e. The molecule has 0 bridgehead atoms. The van der Waals surface area contributed by atoms with E-state index in [0.717, 1.165) is 6.07 Å². The van der Waals surface area contributed by atoms with Crippen molar-refractivity contribution in [3.05, 3.63) is 74.8 Å². The van der Waals surface area contributed by atoms with Gasteiger partial charge in [0.1, 0.15) is 11.2 Å². The predicted octanol–water partition coefficient (Wildman–Crippen LogP) is 4.60. The summed E-state index contributed by atoms with van der Waals surface area (Å²) >= 11 is 0. The van der Waals surface area contributed by atoms with Crippen molar-refractivity contribution < 1.29 is 38.9 Å². The maximum Gasteiger partial charge on any atom is 0.374 e. The van der Waals surface area contributed by atoms with Crippen LogP contribution in [-0.4, -0.2) is 33.8 Å². The van der Waals surface area contributed by atoms with Crippen LogP contribution in [0.3, 0.4) is 0 Å². The highest BCUT2D eigenvalue weighted by molar-refractivity contribution is 6.11. The third-order valence-electron chi connectivity index (χ3n) is 3.80. The summed E-state index contributed by atoms with van der Waals surface area (Å²) in [6.45, 7) is 9.96. The normalized spacial score (nSPS) is 11.6. The van der Waals surface area contributed by atoms with Crippen LogP contribution < -0.4 is 0 Å². The van der Waals surface area contributed by atoms with Crippen molar-refractivity contribution in [2.75, 3.05) is 0 Å². The monoisotopic (exact) mass is 459 g/mol. The predicted molar refractivity (Wildman–Crippen MR) is 115 cm³/mol. The van der Waals surface area contributed by atoms with E-state index in [-0.39, 0.29) is 27.9 Å². The Bertz CT molecular complexity index is 1060. The van der Waals surface area contributed by atoms with E-state index in [2.05, 4.69) is 0 Å². The average molecular weight is 459 g/mol. The fourth-order valence-electron chi connectivity index (χ4n) is 2.35. The number of non-ortho nitro benzene ring substituents is 1. The number of hydrogen-bond donors (Lipinski definition) is 0. The molecule has 0 aliphatic heterocycles. The summed E-state index contributed by atoms with van der Waals surface area (Å²) < 4.78 is 0. The Kier molecular flexibility index (Phi) is 7.68. The number of carbonyl (C=O) groups is 3. The van der Waals surface area contributed by atoms with Gasteiger partial charge in [0.2, 0.25) is 0 Å². The molecular formula is C23H25NO9. The largest absolute Gasteiger partial charge is 0.374 e. The summed E-state index contributed by atoms with van der Waals surface area (Å²) in [6.07, 6.45) is 0. The zero-order valence-corrected chi connectivity index (χ0v) is 19.2. The van der Waals surface area contributed by atoms with Crippen molar-refractivity contribution >= 4 is 23.4 Å². The van der Waals surface area contributed by atoms with E-state index in [1.807, 2.05) is 0 Å². The molecule has 0 spiro atoms.